The first kappa shape index (κ1) is 24.4. The van der Waals surface area contributed by atoms with E-state index >= 15 is 0 Å². The van der Waals surface area contributed by atoms with E-state index < -0.39 is 0 Å². The van der Waals surface area contributed by atoms with Gasteiger partial charge in [0.15, 0.2) is 0 Å². The van der Waals surface area contributed by atoms with Gasteiger partial charge in [-0.3, -0.25) is 19.1 Å². The van der Waals surface area contributed by atoms with Crippen molar-refractivity contribution >= 4 is 12.0 Å². The Morgan fingerprint density at radius 3 is 2.50 bits per heavy atom. The number of likely N-dealkylation sites (tertiary alicyclic amines) is 2. The van der Waals surface area contributed by atoms with Crippen LogP contribution in [0, 0.1) is 5.41 Å². The molecular weight excluding hydrogens is 424 g/mol. The molecule has 2 fully saturated rings. The Bertz CT molecular complexity index is 1030. The summed E-state index contributed by atoms with van der Waals surface area (Å²) in [4.78, 5) is 34.5. The summed E-state index contributed by atoms with van der Waals surface area (Å²) in [6, 6.07) is 11.9. The molecule has 182 valence electrons. The van der Waals surface area contributed by atoms with Crippen molar-refractivity contribution in [1.82, 2.24) is 19.4 Å². The lowest BCUT2D eigenvalue weighted by molar-refractivity contribution is -0.133. The van der Waals surface area contributed by atoms with Gasteiger partial charge >= 0.3 is 0 Å². The second-order valence-electron chi connectivity index (χ2n) is 10.4. The molecule has 34 heavy (non-hydrogen) atoms. The highest BCUT2D eigenvalue weighted by Gasteiger charge is 2.33. The molecule has 4 rings (SSSR count). The van der Waals surface area contributed by atoms with Gasteiger partial charge in [0.25, 0.3) is 5.56 Å². The monoisotopic (exact) mass is 462 g/mol. The Kier molecular flexibility index (Phi) is 7.99. The van der Waals surface area contributed by atoms with Crippen molar-refractivity contribution in [2.45, 2.75) is 58.4 Å². The van der Waals surface area contributed by atoms with Crippen LogP contribution in [0.5, 0.6) is 0 Å². The van der Waals surface area contributed by atoms with E-state index in [1.807, 2.05) is 29.2 Å². The molecule has 0 radical (unpaired) electrons. The Morgan fingerprint density at radius 2 is 1.82 bits per heavy atom. The number of hydrogen-bond donors (Lipinski definition) is 0. The van der Waals surface area contributed by atoms with Crippen molar-refractivity contribution in [1.29, 1.82) is 0 Å². The van der Waals surface area contributed by atoms with E-state index in [0.717, 1.165) is 51.3 Å². The molecule has 6 heteroatoms. The first-order valence-corrected chi connectivity index (χ1v) is 12.7. The largest absolute Gasteiger partial charge is 0.343 e. The lowest BCUT2D eigenvalue weighted by Crippen LogP contribution is -2.44. The number of hydrogen-bond acceptors (Lipinski definition) is 4. The number of nitrogens with zero attached hydrogens (tertiary/aromatic N) is 4. The maximum atomic E-state index is 12.9. The van der Waals surface area contributed by atoms with Gasteiger partial charge in [0.05, 0.1) is 12.0 Å². The first-order valence-electron chi connectivity index (χ1n) is 12.7. The SMILES string of the molecule is C[C@H](CC(=O)N1CCC(C)(Cn2cnc(/C=C/CN3CCCC3)cc2=O)CC1)c1ccccc1. The lowest BCUT2D eigenvalue weighted by atomic mass is 9.80. The highest BCUT2D eigenvalue weighted by atomic mass is 16.2. The second-order valence-corrected chi connectivity index (χ2v) is 10.4. The van der Waals surface area contributed by atoms with Gasteiger partial charge in [-0.25, -0.2) is 4.98 Å². The van der Waals surface area contributed by atoms with Gasteiger partial charge < -0.3 is 4.90 Å². The summed E-state index contributed by atoms with van der Waals surface area (Å²) in [7, 11) is 0. The zero-order chi connectivity index (χ0) is 24.0. The molecular formula is C28H38N4O2. The molecule has 1 aromatic carbocycles. The van der Waals surface area contributed by atoms with E-state index in [9.17, 15) is 9.59 Å². The first-order chi connectivity index (χ1) is 16.4. The smallest absolute Gasteiger partial charge is 0.253 e. The molecule has 3 heterocycles. The second kappa shape index (κ2) is 11.1. The average molecular weight is 463 g/mol. The number of rotatable bonds is 8. The molecule has 0 saturated carbocycles. The highest BCUT2D eigenvalue weighted by Crippen LogP contribution is 2.33. The van der Waals surface area contributed by atoms with Gasteiger partial charge in [0.2, 0.25) is 5.91 Å². The van der Waals surface area contributed by atoms with Crippen LogP contribution in [0.3, 0.4) is 0 Å². The van der Waals surface area contributed by atoms with Gasteiger partial charge in [-0.1, -0.05) is 50.3 Å². The van der Waals surface area contributed by atoms with Gasteiger partial charge in [-0.15, -0.1) is 0 Å². The van der Waals surface area contributed by atoms with Crippen LogP contribution in [-0.4, -0.2) is 58.0 Å². The van der Waals surface area contributed by atoms with Crippen molar-refractivity contribution in [3.05, 3.63) is 70.4 Å². The molecule has 2 aromatic rings. The number of amides is 1. The van der Waals surface area contributed by atoms with Crippen LogP contribution in [0.4, 0.5) is 0 Å². The average Bonchev–Trinajstić information content (AvgIpc) is 3.35. The Hall–Kier alpha value is -2.73. The third kappa shape index (κ3) is 6.44. The van der Waals surface area contributed by atoms with Crippen molar-refractivity contribution in [2.24, 2.45) is 5.41 Å². The van der Waals surface area contributed by atoms with E-state index in [1.54, 1.807) is 17.0 Å². The van der Waals surface area contributed by atoms with Crippen molar-refractivity contribution in [3.8, 4) is 0 Å². The molecule has 6 nitrogen and oxygen atoms in total. The summed E-state index contributed by atoms with van der Waals surface area (Å²) in [6.07, 6.45) is 10.6. The van der Waals surface area contributed by atoms with Crippen LogP contribution >= 0.6 is 0 Å². The quantitative estimate of drug-likeness (QED) is 0.591. The maximum absolute atomic E-state index is 12.9. The van der Waals surface area contributed by atoms with E-state index in [4.69, 9.17) is 0 Å². The molecule has 2 saturated heterocycles. The fraction of sp³-hybridized carbons (Fsp3) is 0.536. The maximum Gasteiger partial charge on any atom is 0.253 e. The zero-order valence-electron chi connectivity index (χ0n) is 20.7. The molecule has 1 aromatic heterocycles. The number of carbonyl (C=O) groups excluding carboxylic acids is 1. The molecule has 0 aliphatic carbocycles. The molecule has 0 bridgehead atoms. The van der Waals surface area contributed by atoms with Crippen LogP contribution in [0.2, 0.25) is 0 Å². The molecule has 2 aliphatic heterocycles. The Balaban J connectivity index is 1.28. The molecule has 0 spiro atoms. The summed E-state index contributed by atoms with van der Waals surface area (Å²) < 4.78 is 1.73. The summed E-state index contributed by atoms with van der Waals surface area (Å²) in [6.45, 7) is 9.71. The summed E-state index contributed by atoms with van der Waals surface area (Å²) in [5.41, 5.74) is 1.91. The number of piperidine rings is 1. The van der Waals surface area contributed by atoms with Crippen molar-refractivity contribution in [3.63, 3.8) is 0 Å². The van der Waals surface area contributed by atoms with Gasteiger partial charge in [0, 0.05) is 38.7 Å². The van der Waals surface area contributed by atoms with Crippen LogP contribution < -0.4 is 5.56 Å². The summed E-state index contributed by atoms with van der Waals surface area (Å²) in [5, 5.41) is 0. The third-order valence-electron chi connectivity index (χ3n) is 7.48. The number of aromatic nitrogens is 2. The molecule has 1 amide bonds. The van der Waals surface area contributed by atoms with Crippen LogP contribution in [0.25, 0.3) is 6.08 Å². The topological polar surface area (TPSA) is 58.4 Å². The summed E-state index contributed by atoms with van der Waals surface area (Å²) >= 11 is 0. The van der Waals surface area contributed by atoms with Crippen LogP contribution in [0.1, 0.15) is 63.1 Å². The zero-order valence-corrected chi connectivity index (χ0v) is 20.7. The van der Waals surface area contributed by atoms with Crippen LogP contribution in [-0.2, 0) is 11.3 Å². The Labute approximate surface area is 203 Å². The predicted molar refractivity (Wildman–Crippen MR) is 137 cm³/mol. The van der Waals surface area contributed by atoms with E-state index in [-0.39, 0.29) is 22.8 Å². The summed E-state index contributed by atoms with van der Waals surface area (Å²) in [5.74, 6) is 0.442. The highest BCUT2D eigenvalue weighted by molar-refractivity contribution is 5.77. The minimum Gasteiger partial charge on any atom is -0.343 e. The minimum absolute atomic E-state index is 0.00719. The standard InChI is InChI=1S/C28H38N4O2/c1-23(24-9-4-3-5-10-24)19-26(33)31-17-12-28(2,13-18-31)21-32-22-29-25(20-27(32)34)11-8-16-30-14-6-7-15-30/h3-5,8-11,20,22-23H,6-7,12-19,21H2,1-2H3/b11-8+/t23-/m1/s1. The van der Waals surface area contributed by atoms with E-state index in [1.165, 1.54) is 18.4 Å². The molecule has 2 aliphatic rings. The number of carbonyl (C=O) groups is 1. The van der Waals surface area contributed by atoms with Gasteiger partial charge in [0.1, 0.15) is 0 Å². The molecule has 1 atom stereocenters. The fourth-order valence-electron chi connectivity index (χ4n) is 5.09. The van der Waals surface area contributed by atoms with Crippen LogP contribution in [0.15, 0.2) is 53.6 Å². The van der Waals surface area contributed by atoms with Crippen molar-refractivity contribution < 1.29 is 4.79 Å². The van der Waals surface area contributed by atoms with Gasteiger partial charge in [-0.05, 0) is 61.7 Å². The third-order valence-corrected chi connectivity index (χ3v) is 7.48. The molecule has 0 unspecified atom stereocenters. The Morgan fingerprint density at radius 1 is 1.12 bits per heavy atom. The predicted octanol–water partition coefficient (Wildman–Crippen LogP) is 4.17. The lowest BCUT2D eigenvalue weighted by Gasteiger charge is -2.40. The van der Waals surface area contributed by atoms with E-state index in [0.29, 0.717) is 13.0 Å². The molecule has 0 N–H and O–H groups in total. The fourth-order valence-corrected chi connectivity index (χ4v) is 5.09. The number of benzene rings is 1. The minimum atomic E-state index is -0.0135. The van der Waals surface area contributed by atoms with Gasteiger partial charge in [-0.2, -0.15) is 0 Å². The normalized spacial score (nSPS) is 19.5. The van der Waals surface area contributed by atoms with Crippen molar-refractivity contribution in [2.75, 3.05) is 32.7 Å². The van der Waals surface area contributed by atoms with E-state index in [2.05, 4.69) is 41.9 Å².